The molecule has 1 aliphatic heterocycles. The number of carboxylic acids is 1. The number of carbonyl (C=O) groups is 2. The van der Waals surface area contributed by atoms with E-state index in [4.69, 9.17) is 10.8 Å². The zero-order valence-electron chi connectivity index (χ0n) is 11.4. The summed E-state index contributed by atoms with van der Waals surface area (Å²) in [6.07, 6.45) is 0.361. The number of benzene rings is 1. The predicted molar refractivity (Wildman–Crippen MR) is 75.4 cm³/mol. The van der Waals surface area contributed by atoms with Crippen molar-refractivity contribution in [1.29, 1.82) is 0 Å². The Labute approximate surface area is 117 Å². The third kappa shape index (κ3) is 3.34. The Bertz CT molecular complexity index is 532. The number of aryl methyl sites for hydroxylation is 1. The minimum Gasteiger partial charge on any atom is -0.480 e. The molecule has 1 saturated heterocycles. The van der Waals surface area contributed by atoms with Crippen molar-refractivity contribution in [2.75, 3.05) is 25.0 Å². The molecule has 1 heterocycles. The summed E-state index contributed by atoms with van der Waals surface area (Å²) in [6.45, 7) is 2.82. The van der Waals surface area contributed by atoms with Crippen LogP contribution in [-0.2, 0) is 9.59 Å². The van der Waals surface area contributed by atoms with Crippen LogP contribution >= 0.6 is 0 Å². The highest BCUT2D eigenvalue weighted by Crippen LogP contribution is 2.19. The fourth-order valence-corrected chi connectivity index (χ4v) is 2.35. The molecule has 1 unspecified atom stereocenters. The van der Waals surface area contributed by atoms with Gasteiger partial charge in [0, 0.05) is 18.8 Å². The van der Waals surface area contributed by atoms with Crippen molar-refractivity contribution < 1.29 is 14.7 Å². The molecule has 1 aromatic rings. The average Bonchev–Trinajstić information content (AvgIpc) is 2.72. The molecule has 6 nitrogen and oxygen atoms in total. The van der Waals surface area contributed by atoms with Gasteiger partial charge in [-0.25, -0.2) is 0 Å². The first kappa shape index (κ1) is 14.5. The number of anilines is 1. The highest BCUT2D eigenvalue weighted by Gasteiger charge is 2.41. The van der Waals surface area contributed by atoms with E-state index in [1.807, 2.05) is 31.2 Å². The Kier molecular flexibility index (Phi) is 4.06. The van der Waals surface area contributed by atoms with Crippen LogP contribution in [0.3, 0.4) is 0 Å². The number of nitrogens with one attached hydrogen (secondary N) is 1. The normalized spacial score (nSPS) is 22.7. The zero-order valence-corrected chi connectivity index (χ0v) is 11.4. The maximum absolute atomic E-state index is 11.9. The molecule has 1 aliphatic rings. The molecule has 2 rings (SSSR count). The lowest BCUT2D eigenvalue weighted by Gasteiger charge is -2.19. The van der Waals surface area contributed by atoms with E-state index in [1.54, 1.807) is 4.90 Å². The lowest BCUT2D eigenvalue weighted by molar-refractivity contribution is -0.143. The third-order valence-corrected chi connectivity index (χ3v) is 3.47. The molecule has 0 radical (unpaired) electrons. The summed E-state index contributed by atoms with van der Waals surface area (Å²) in [5, 5.41) is 11.8. The molecule has 1 aromatic carbocycles. The number of carbonyl (C=O) groups excluding carboxylic acids is 1. The van der Waals surface area contributed by atoms with Crippen molar-refractivity contribution in [2.24, 2.45) is 5.73 Å². The monoisotopic (exact) mass is 277 g/mol. The van der Waals surface area contributed by atoms with Gasteiger partial charge in [0.15, 0.2) is 0 Å². The van der Waals surface area contributed by atoms with Crippen LogP contribution in [0.25, 0.3) is 0 Å². The Morgan fingerprint density at radius 3 is 2.85 bits per heavy atom. The molecule has 1 atom stereocenters. The highest BCUT2D eigenvalue weighted by atomic mass is 16.4. The van der Waals surface area contributed by atoms with Crippen molar-refractivity contribution in [2.45, 2.75) is 18.9 Å². The summed E-state index contributed by atoms with van der Waals surface area (Å²) in [5.41, 5.74) is 6.34. The molecule has 20 heavy (non-hydrogen) atoms. The number of carboxylic acid groups (broad SMARTS) is 1. The second kappa shape index (κ2) is 5.60. The molecule has 0 aromatic heterocycles. The zero-order chi connectivity index (χ0) is 14.8. The maximum Gasteiger partial charge on any atom is 0.325 e. The minimum atomic E-state index is -1.23. The van der Waals surface area contributed by atoms with Crippen LogP contribution in [0.5, 0.6) is 0 Å². The number of aliphatic carboxylic acids is 1. The summed E-state index contributed by atoms with van der Waals surface area (Å²) in [4.78, 5) is 24.7. The largest absolute Gasteiger partial charge is 0.480 e. The number of likely N-dealkylation sites (tertiary alicyclic amines) is 1. The molecule has 0 saturated carbocycles. The Hall–Kier alpha value is -1.92. The lowest BCUT2D eigenvalue weighted by atomic mass is 10.0. The van der Waals surface area contributed by atoms with E-state index in [0.29, 0.717) is 13.0 Å². The summed E-state index contributed by atoms with van der Waals surface area (Å²) in [7, 11) is 0. The second-order valence-electron chi connectivity index (χ2n) is 5.34. The van der Waals surface area contributed by atoms with Gasteiger partial charge in [-0.2, -0.15) is 0 Å². The van der Waals surface area contributed by atoms with Crippen LogP contribution in [0.2, 0.25) is 0 Å². The van der Waals surface area contributed by atoms with Gasteiger partial charge in [0.05, 0.1) is 6.54 Å². The molecule has 1 amide bonds. The lowest BCUT2D eigenvalue weighted by Crippen LogP contribution is -2.50. The topological polar surface area (TPSA) is 95.7 Å². The van der Waals surface area contributed by atoms with Gasteiger partial charge in [0.25, 0.3) is 0 Å². The van der Waals surface area contributed by atoms with E-state index in [1.165, 1.54) is 0 Å². The molecule has 0 aliphatic carbocycles. The summed E-state index contributed by atoms with van der Waals surface area (Å²) >= 11 is 0. The summed E-state index contributed by atoms with van der Waals surface area (Å²) in [5.74, 6) is -1.18. The van der Waals surface area contributed by atoms with Crippen molar-refractivity contribution in [3.05, 3.63) is 29.8 Å². The Balaban J connectivity index is 1.89. The first-order chi connectivity index (χ1) is 9.39. The van der Waals surface area contributed by atoms with Crippen molar-refractivity contribution in [1.82, 2.24) is 4.90 Å². The van der Waals surface area contributed by atoms with Gasteiger partial charge in [-0.3, -0.25) is 14.5 Å². The molecule has 4 N–H and O–H groups in total. The maximum atomic E-state index is 11.9. The van der Waals surface area contributed by atoms with E-state index < -0.39 is 11.5 Å². The first-order valence-corrected chi connectivity index (χ1v) is 6.50. The fourth-order valence-electron chi connectivity index (χ4n) is 2.35. The van der Waals surface area contributed by atoms with E-state index in [2.05, 4.69) is 5.32 Å². The van der Waals surface area contributed by atoms with E-state index in [0.717, 1.165) is 11.3 Å². The third-order valence-electron chi connectivity index (χ3n) is 3.47. The van der Waals surface area contributed by atoms with Crippen LogP contribution in [0.15, 0.2) is 24.3 Å². The summed E-state index contributed by atoms with van der Waals surface area (Å²) in [6, 6.07) is 7.52. The van der Waals surface area contributed by atoms with E-state index >= 15 is 0 Å². The van der Waals surface area contributed by atoms with Gasteiger partial charge in [0.2, 0.25) is 5.91 Å². The first-order valence-electron chi connectivity index (χ1n) is 6.50. The van der Waals surface area contributed by atoms with Crippen molar-refractivity contribution in [3.63, 3.8) is 0 Å². The molecule has 6 heteroatoms. The van der Waals surface area contributed by atoms with Gasteiger partial charge in [-0.05, 0) is 31.0 Å². The minimum absolute atomic E-state index is 0.153. The van der Waals surface area contributed by atoms with Crippen LogP contribution < -0.4 is 11.1 Å². The number of nitrogens with zero attached hydrogens (tertiary/aromatic N) is 1. The molecular weight excluding hydrogens is 258 g/mol. The Morgan fingerprint density at radius 2 is 2.25 bits per heavy atom. The SMILES string of the molecule is Cc1cccc(NC(=O)CN2CCC(N)(C(=O)O)C2)c1. The molecule has 1 fully saturated rings. The molecule has 0 bridgehead atoms. The average molecular weight is 277 g/mol. The van der Waals surface area contributed by atoms with E-state index in [9.17, 15) is 9.59 Å². The quantitative estimate of drug-likeness (QED) is 0.741. The number of amides is 1. The van der Waals surface area contributed by atoms with E-state index in [-0.39, 0.29) is 19.0 Å². The smallest absolute Gasteiger partial charge is 0.325 e. The number of hydrogen-bond donors (Lipinski definition) is 3. The van der Waals surface area contributed by atoms with Gasteiger partial charge >= 0.3 is 5.97 Å². The standard InChI is InChI=1S/C14H19N3O3/c1-10-3-2-4-11(7-10)16-12(18)8-17-6-5-14(15,9-17)13(19)20/h2-4,7H,5-6,8-9,15H2,1H3,(H,16,18)(H,19,20). The van der Waals surface area contributed by atoms with Gasteiger partial charge < -0.3 is 16.2 Å². The molecule has 0 spiro atoms. The van der Waals surface area contributed by atoms with Gasteiger partial charge in [0.1, 0.15) is 5.54 Å². The van der Waals surface area contributed by atoms with Crippen molar-refractivity contribution >= 4 is 17.6 Å². The van der Waals surface area contributed by atoms with Crippen LogP contribution in [-0.4, -0.2) is 47.1 Å². The van der Waals surface area contributed by atoms with Crippen molar-refractivity contribution in [3.8, 4) is 0 Å². The fraction of sp³-hybridized carbons (Fsp3) is 0.429. The second-order valence-corrected chi connectivity index (χ2v) is 5.34. The predicted octanol–water partition coefficient (Wildman–Crippen LogP) is 0.421. The Morgan fingerprint density at radius 1 is 1.50 bits per heavy atom. The van der Waals surface area contributed by atoms with Crippen LogP contribution in [0.4, 0.5) is 5.69 Å². The van der Waals surface area contributed by atoms with Crippen LogP contribution in [0, 0.1) is 6.92 Å². The van der Waals surface area contributed by atoms with Gasteiger partial charge in [-0.1, -0.05) is 12.1 Å². The highest BCUT2D eigenvalue weighted by molar-refractivity contribution is 5.92. The number of hydrogen-bond acceptors (Lipinski definition) is 4. The molecular formula is C14H19N3O3. The number of nitrogens with two attached hydrogens (primary N) is 1. The van der Waals surface area contributed by atoms with Crippen LogP contribution in [0.1, 0.15) is 12.0 Å². The van der Waals surface area contributed by atoms with Gasteiger partial charge in [-0.15, -0.1) is 0 Å². The number of rotatable bonds is 4. The molecule has 108 valence electrons. The summed E-state index contributed by atoms with van der Waals surface area (Å²) < 4.78 is 0.